The minimum absolute atomic E-state index is 0.00671. The molecule has 1 N–H and O–H groups in total. The van der Waals surface area contributed by atoms with Crippen LogP contribution >= 0.6 is 0 Å². The van der Waals surface area contributed by atoms with Gasteiger partial charge >= 0.3 is 5.97 Å². The number of nitrogens with zero attached hydrogens (tertiary/aromatic N) is 1. The number of rotatable bonds is 5. The molecule has 6 heteroatoms. The number of carbonyl (C=O) groups is 2. The highest BCUT2D eigenvalue weighted by atomic mass is 16.5. The summed E-state index contributed by atoms with van der Waals surface area (Å²) in [7, 11) is 1.58. The van der Waals surface area contributed by atoms with Gasteiger partial charge < -0.3 is 19.5 Å². The summed E-state index contributed by atoms with van der Waals surface area (Å²) in [5, 5.41) is 9.51. The molecule has 2 saturated heterocycles. The zero-order valence-corrected chi connectivity index (χ0v) is 13.1. The molecule has 6 nitrogen and oxygen atoms in total. The van der Waals surface area contributed by atoms with Crippen LogP contribution in [0.15, 0.2) is 24.3 Å². The average Bonchev–Trinajstić information content (AvgIpc) is 3.17. The van der Waals surface area contributed by atoms with Crippen molar-refractivity contribution in [3.63, 3.8) is 0 Å². The summed E-state index contributed by atoms with van der Waals surface area (Å²) in [4.78, 5) is 25.6. The molecule has 2 aliphatic heterocycles. The normalized spacial score (nSPS) is 27.4. The van der Waals surface area contributed by atoms with Crippen LogP contribution < -0.4 is 4.74 Å². The van der Waals surface area contributed by atoms with Crippen molar-refractivity contribution in [2.24, 2.45) is 5.92 Å². The van der Waals surface area contributed by atoms with Crippen LogP contribution in [0.2, 0.25) is 0 Å². The summed E-state index contributed by atoms with van der Waals surface area (Å²) in [6, 6.07) is 6.80. The number of amides is 1. The first kappa shape index (κ1) is 15.8. The van der Waals surface area contributed by atoms with Gasteiger partial charge in [-0.05, 0) is 30.5 Å². The molecule has 0 aromatic heterocycles. The molecule has 2 heterocycles. The Morgan fingerprint density at radius 2 is 2.13 bits per heavy atom. The Balaban J connectivity index is 1.87. The second-order valence-corrected chi connectivity index (χ2v) is 6.05. The zero-order valence-electron chi connectivity index (χ0n) is 13.1. The standard InChI is InChI=1S/C17H21NO5/c1-22-12-6-4-11(5-7-12)16-14(17(20)21)9-15(19)18(16)10-13-3-2-8-23-13/h4-7,13-14,16H,2-3,8-10H2,1H3,(H,20,21)/t13-,14-,16-/m0/s1. The molecular weight excluding hydrogens is 298 g/mol. The predicted molar refractivity (Wildman–Crippen MR) is 82.2 cm³/mol. The molecule has 1 aromatic carbocycles. The third-order valence-corrected chi connectivity index (χ3v) is 4.63. The molecule has 3 rings (SSSR count). The van der Waals surface area contributed by atoms with Crippen LogP contribution in [0.5, 0.6) is 5.75 Å². The van der Waals surface area contributed by atoms with Crippen molar-refractivity contribution in [2.75, 3.05) is 20.3 Å². The number of methoxy groups -OCH3 is 1. The van der Waals surface area contributed by atoms with Crippen LogP contribution in [0.1, 0.15) is 30.9 Å². The van der Waals surface area contributed by atoms with Crippen LogP contribution in [0, 0.1) is 5.92 Å². The number of likely N-dealkylation sites (tertiary alicyclic amines) is 1. The van der Waals surface area contributed by atoms with E-state index in [0.29, 0.717) is 18.9 Å². The van der Waals surface area contributed by atoms with Gasteiger partial charge in [0.05, 0.1) is 25.2 Å². The van der Waals surface area contributed by atoms with E-state index < -0.39 is 17.9 Å². The largest absolute Gasteiger partial charge is 0.497 e. The quantitative estimate of drug-likeness (QED) is 0.896. The van der Waals surface area contributed by atoms with E-state index in [1.165, 1.54) is 0 Å². The molecule has 3 atom stereocenters. The maximum absolute atomic E-state index is 12.4. The van der Waals surface area contributed by atoms with E-state index in [1.54, 1.807) is 24.1 Å². The molecule has 0 saturated carbocycles. The molecule has 0 spiro atoms. The minimum atomic E-state index is -0.936. The molecule has 0 radical (unpaired) electrons. The molecule has 0 unspecified atom stereocenters. The molecule has 0 bridgehead atoms. The molecule has 0 aliphatic carbocycles. The average molecular weight is 319 g/mol. The Labute approximate surface area is 135 Å². The molecule has 124 valence electrons. The van der Waals surface area contributed by atoms with E-state index in [4.69, 9.17) is 9.47 Å². The topological polar surface area (TPSA) is 76.1 Å². The Bertz CT molecular complexity index is 579. The molecule has 1 aromatic rings. The lowest BCUT2D eigenvalue weighted by Gasteiger charge is -2.29. The Morgan fingerprint density at radius 1 is 1.39 bits per heavy atom. The van der Waals surface area contributed by atoms with Gasteiger partial charge in [0.2, 0.25) is 5.91 Å². The third-order valence-electron chi connectivity index (χ3n) is 4.63. The fourth-order valence-electron chi connectivity index (χ4n) is 3.45. The Hall–Kier alpha value is -2.08. The number of benzene rings is 1. The molecule has 1 amide bonds. The maximum atomic E-state index is 12.4. The van der Waals surface area contributed by atoms with Crippen molar-refractivity contribution >= 4 is 11.9 Å². The Kier molecular flexibility index (Phi) is 4.52. The van der Waals surface area contributed by atoms with Crippen molar-refractivity contribution < 1.29 is 24.2 Å². The van der Waals surface area contributed by atoms with Crippen molar-refractivity contribution in [1.82, 2.24) is 4.90 Å². The number of hydrogen-bond donors (Lipinski definition) is 1. The lowest BCUT2D eigenvalue weighted by Crippen LogP contribution is -2.36. The van der Waals surface area contributed by atoms with Crippen molar-refractivity contribution in [3.05, 3.63) is 29.8 Å². The van der Waals surface area contributed by atoms with Gasteiger partial charge in [-0.1, -0.05) is 12.1 Å². The van der Waals surface area contributed by atoms with E-state index in [-0.39, 0.29) is 18.4 Å². The van der Waals surface area contributed by atoms with Crippen LogP contribution in [-0.2, 0) is 14.3 Å². The predicted octanol–water partition coefficient (Wildman–Crippen LogP) is 1.85. The molecular formula is C17H21NO5. The summed E-state index contributed by atoms with van der Waals surface area (Å²) in [5.41, 5.74) is 0.821. The number of carbonyl (C=O) groups excluding carboxylic acids is 1. The van der Waals surface area contributed by atoms with Gasteiger partial charge in [0, 0.05) is 19.6 Å². The fraction of sp³-hybridized carbons (Fsp3) is 0.529. The molecule has 23 heavy (non-hydrogen) atoms. The van der Waals surface area contributed by atoms with Crippen LogP contribution in [0.4, 0.5) is 0 Å². The third kappa shape index (κ3) is 3.17. The summed E-state index contributed by atoms with van der Waals surface area (Å²) in [6.45, 7) is 1.17. The van der Waals surface area contributed by atoms with Crippen LogP contribution in [-0.4, -0.2) is 48.2 Å². The highest BCUT2D eigenvalue weighted by Crippen LogP contribution is 2.39. The second kappa shape index (κ2) is 6.58. The molecule has 2 aliphatic rings. The number of carboxylic acids is 1. The second-order valence-electron chi connectivity index (χ2n) is 6.05. The van der Waals surface area contributed by atoms with Gasteiger partial charge in [-0.25, -0.2) is 0 Å². The van der Waals surface area contributed by atoms with Gasteiger partial charge in [-0.15, -0.1) is 0 Å². The summed E-state index contributed by atoms with van der Waals surface area (Å²) >= 11 is 0. The van der Waals surface area contributed by atoms with Gasteiger partial charge in [0.15, 0.2) is 0 Å². The highest BCUT2D eigenvalue weighted by molar-refractivity contribution is 5.87. The number of carboxylic acid groups (broad SMARTS) is 1. The molecule has 2 fully saturated rings. The zero-order chi connectivity index (χ0) is 16.4. The van der Waals surface area contributed by atoms with Gasteiger partial charge in [0.1, 0.15) is 5.75 Å². The smallest absolute Gasteiger partial charge is 0.309 e. The monoisotopic (exact) mass is 319 g/mol. The maximum Gasteiger partial charge on any atom is 0.309 e. The first-order chi connectivity index (χ1) is 11.1. The van der Waals surface area contributed by atoms with E-state index in [1.807, 2.05) is 12.1 Å². The minimum Gasteiger partial charge on any atom is -0.497 e. The lowest BCUT2D eigenvalue weighted by atomic mass is 9.93. The first-order valence-electron chi connectivity index (χ1n) is 7.88. The van der Waals surface area contributed by atoms with Crippen LogP contribution in [0.25, 0.3) is 0 Å². The van der Waals surface area contributed by atoms with E-state index >= 15 is 0 Å². The highest BCUT2D eigenvalue weighted by Gasteiger charge is 2.45. The van der Waals surface area contributed by atoms with E-state index in [0.717, 1.165) is 18.4 Å². The summed E-state index contributed by atoms with van der Waals surface area (Å²) in [5.74, 6) is -1.07. The van der Waals surface area contributed by atoms with Crippen molar-refractivity contribution in [2.45, 2.75) is 31.4 Å². The van der Waals surface area contributed by atoms with Gasteiger partial charge in [0.25, 0.3) is 0 Å². The fourth-order valence-corrected chi connectivity index (χ4v) is 3.45. The SMILES string of the molecule is COc1ccc([C@H]2[C@@H](C(=O)O)CC(=O)N2C[C@@H]2CCCO2)cc1. The number of ether oxygens (including phenoxy) is 2. The summed E-state index contributed by atoms with van der Waals surface area (Å²) in [6.07, 6.45) is 1.95. The van der Waals surface area contributed by atoms with E-state index in [9.17, 15) is 14.7 Å². The van der Waals surface area contributed by atoms with Crippen molar-refractivity contribution in [1.29, 1.82) is 0 Å². The summed E-state index contributed by atoms with van der Waals surface area (Å²) < 4.78 is 10.8. The lowest BCUT2D eigenvalue weighted by molar-refractivity contribution is -0.142. The van der Waals surface area contributed by atoms with Crippen molar-refractivity contribution in [3.8, 4) is 5.75 Å². The number of aliphatic carboxylic acids is 1. The number of hydrogen-bond acceptors (Lipinski definition) is 4. The van der Waals surface area contributed by atoms with Gasteiger partial charge in [-0.3, -0.25) is 9.59 Å². The Morgan fingerprint density at radius 3 is 2.70 bits per heavy atom. The van der Waals surface area contributed by atoms with E-state index in [2.05, 4.69) is 0 Å². The van der Waals surface area contributed by atoms with Gasteiger partial charge in [-0.2, -0.15) is 0 Å². The first-order valence-corrected chi connectivity index (χ1v) is 7.88. The van der Waals surface area contributed by atoms with Crippen LogP contribution in [0.3, 0.4) is 0 Å².